The van der Waals surface area contributed by atoms with Gasteiger partial charge in [-0.2, -0.15) is 10.1 Å². The van der Waals surface area contributed by atoms with Crippen LogP contribution in [0.4, 0.5) is 16.7 Å². The molecule has 0 unspecified atom stereocenters. The van der Waals surface area contributed by atoms with E-state index in [4.69, 9.17) is 4.42 Å². The van der Waals surface area contributed by atoms with Crippen LogP contribution in [0.2, 0.25) is 0 Å². The van der Waals surface area contributed by atoms with Gasteiger partial charge in [-0.1, -0.05) is 35.6 Å². The van der Waals surface area contributed by atoms with Crippen LogP contribution in [0.1, 0.15) is 33.7 Å². The third-order valence-corrected chi connectivity index (χ3v) is 9.58. The molecule has 212 valence electrons. The van der Waals surface area contributed by atoms with Gasteiger partial charge in [0.15, 0.2) is 5.76 Å². The van der Waals surface area contributed by atoms with Crippen LogP contribution in [0, 0.1) is 17.0 Å². The van der Waals surface area contributed by atoms with E-state index in [1.165, 1.54) is 58.3 Å². The van der Waals surface area contributed by atoms with Crippen molar-refractivity contribution < 1.29 is 22.6 Å². The Morgan fingerprint density at radius 3 is 2.67 bits per heavy atom. The molecule has 1 aliphatic rings. The van der Waals surface area contributed by atoms with Crippen LogP contribution in [0.5, 0.6) is 0 Å². The van der Waals surface area contributed by atoms with Crippen LogP contribution < -0.4 is 9.31 Å². The highest BCUT2D eigenvalue weighted by molar-refractivity contribution is 7.92. The van der Waals surface area contributed by atoms with Gasteiger partial charge in [-0.3, -0.25) is 19.2 Å². The number of furan rings is 1. The third kappa shape index (κ3) is 5.15. The topological polar surface area (TPSA) is 139 Å². The zero-order chi connectivity index (χ0) is 29.4. The van der Waals surface area contributed by atoms with Crippen molar-refractivity contribution in [1.29, 1.82) is 0 Å². The Balaban J connectivity index is 1.33. The molecule has 0 spiro atoms. The Bertz CT molecular complexity index is 1960. The van der Waals surface area contributed by atoms with Crippen LogP contribution in [0.15, 0.2) is 93.3 Å². The number of nitrogens with zero attached hydrogens (tertiary/aromatic N) is 5. The Morgan fingerprint density at radius 2 is 1.90 bits per heavy atom. The normalized spacial score (nSPS) is 13.4. The van der Waals surface area contributed by atoms with Gasteiger partial charge in [0.05, 0.1) is 33.1 Å². The number of thiazole rings is 1. The summed E-state index contributed by atoms with van der Waals surface area (Å²) in [6.45, 7) is 2.31. The summed E-state index contributed by atoms with van der Waals surface area (Å²) in [4.78, 5) is 28.7. The van der Waals surface area contributed by atoms with Crippen molar-refractivity contribution >= 4 is 60.4 Å². The highest BCUT2D eigenvalue weighted by Crippen LogP contribution is 2.33. The van der Waals surface area contributed by atoms with Gasteiger partial charge in [0.1, 0.15) is 4.92 Å². The fraction of sp³-hybridized carbons (Fsp3) is 0.138. The molecule has 42 heavy (non-hydrogen) atoms. The van der Waals surface area contributed by atoms with Gasteiger partial charge in [0, 0.05) is 12.1 Å². The minimum atomic E-state index is -3.86. The average molecular weight is 602 g/mol. The summed E-state index contributed by atoms with van der Waals surface area (Å²) in [5, 5.41) is 16.6. The summed E-state index contributed by atoms with van der Waals surface area (Å²) in [6.07, 6.45) is 2.71. The molecule has 6 rings (SSSR count). The molecule has 0 saturated carbocycles. The average Bonchev–Trinajstić information content (AvgIpc) is 3.64. The van der Waals surface area contributed by atoms with E-state index in [9.17, 15) is 23.3 Å². The summed E-state index contributed by atoms with van der Waals surface area (Å²) in [5.41, 5.74) is 3.50. The highest BCUT2D eigenvalue weighted by Gasteiger charge is 2.29. The van der Waals surface area contributed by atoms with Gasteiger partial charge in [0.2, 0.25) is 5.13 Å². The maximum Gasteiger partial charge on any atom is 0.433 e. The molecule has 0 atom stereocenters. The second-order valence-electron chi connectivity index (χ2n) is 9.60. The first-order valence-corrected chi connectivity index (χ1v) is 15.2. The predicted octanol–water partition coefficient (Wildman–Crippen LogP) is 5.93. The van der Waals surface area contributed by atoms with Crippen molar-refractivity contribution in [2.45, 2.75) is 24.7 Å². The molecule has 0 saturated heterocycles. The lowest BCUT2D eigenvalue weighted by Crippen LogP contribution is -2.35. The lowest BCUT2D eigenvalue weighted by Gasteiger charge is -2.30. The van der Waals surface area contributed by atoms with Crippen molar-refractivity contribution in [2.75, 3.05) is 15.9 Å². The number of sulfonamides is 1. The number of aryl methyl sites for hydroxylation is 2. The molecule has 0 radical (unpaired) electrons. The quantitative estimate of drug-likeness (QED) is 0.128. The van der Waals surface area contributed by atoms with Gasteiger partial charge in [-0.15, -0.1) is 0 Å². The summed E-state index contributed by atoms with van der Waals surface area (Å²) in [5.74, 6) is -0.965. The number of benzene rings is 3. The fourth-order valence-corrected chi connectivity index (χ4v) is 7.25. The molecule has 0 bridgehead atoms. The molecule has 1 amide bonds. The maximum atomic E-state index is 13.7. The minimum absolute atomic E-state index is 0.0594. The number of fused-ring (bicyclic) bond motifs is 2. The van der Waals surface area contributed by atoms with Gasteiger partial charge >= 0.3 is 5.88 Å². The van der Waals surface area contributed by atoms with E-state index in [0.717, 1.165) is 27.3 Å². The molecule has 13 heteroatoms. The maximum absolute atomic E-state index is 13.7. The lowest BCUT2D eigenvalue weighted by atomic mass is 10.0. The van der Waals surface area contributed by atoms with E-state index < -0.39 is 26.7 Å². The molecule has 0 aliphatic carbocycles. The smallest absolute Gasteiger partial charge is 0.400 e. The number of carbonyl (C=O) groups is 1. The van der Waals surface area contributed by atoms with E-state index in [-0.39, 0.29) is 21.4 Å². The van der Waals surface area contributed by atoms with Crippen molar-refractivity contribution in [2.24, 2.45) is 5.10 Å². The van der Waals surface area contributed by atoms with Gasteiger partial charge in [0.25, 0.3) is 15.9 Å². The summed E-state index contributed by atoms with van der Waals surface area (Å²) < 4.78 is 34.5. The Labute approximate surface area is 244 Å². The molecule has 5 aromatic rings. The van der Waals surface area contributed by atoms with E-state index in [2.05, 4.69) is 10.1 Å². The van der Waals surface area contributed by atoms with Crippen LogP contribution in [-0.4, -0.2) is 37.0 Å². The number of hydrazone groups is 1. The Kier molecular flexibility index (Phi) is 7.04. The van der Waals surface area contributed by atoms with E-state index >= 15 is 0 Å². The SMILES string of the molecule is Cc1ccc2nc(N(/N=C/c3ccc([N+](=O)[O-])o3)C(=O)c3ccc(S(=O)(=O)N4CCCc5ccccc54)cc3)sc2c1. The van der Waals surface area contributed by atoms with Crippen LogP contribution in [0.25, 0.3) is 10.2 Å². The molecule has 3 heterocycles. The number of amides is 1. The standard InChI is InChI=1S/C29H23N5O6S2/c1-19-8-14-24-26(17-19)41-29(31-24)33(30-18-22-11-15-27(40-22)34(36)37)28(35)21-9-12-23(13-10-21)42(38,39)32-16-4-6-20-5-2-3-7-25(20)32/h2-3,5,7-15,17-18H,4,6,16H2,1H3/b30-18+. The van der Waals surface area contributed by atoms with Crippen LogP contribution in [0.3, 0.4) is 0 Å². The molecule has 0 fully saturated rings. The van der Waals surface area contributed by atoms with Crippen molar-refractivity contribution in [1.82, 2.24) is 4.98 Å². The van der Waals surface area contributed by atoms with Crippen molar-refractivity contribution in [3.8, 4) is 0 Å². The molecule has 2 aromatic heterocycles. The first-order valence-electron chi connectivity index (χ1n) is 12.9. The predicted molar refractivity (Wildman–Crippen MR) is 160 cm³/mol. The number of nitro groups is 1. The number of hydrogen-bond donors (Lipinski definition) is 0. The first-order chi connectivity index (χ1) is 20.2. The van der Waals surface area contributed by atoms with Gasteiger partial charge in [-0.05, 0) is 79.4 Å². The summed E-state index contributed by atoms with van der Waals surface area (Å²) >= 11 is 1.25. The van der Waals surface area contributed by atoms with Gasteiger partial charge < -0.3 is 4.42 Å². The molecule has 1 aliphatic heterocycles. The van der Waals surface area contributed by atoms with E-state index in [0.29, 0.717) is 24.2 Å². The molecule has 11 nitrogen and oxygen atoms in total. The summed E-state index contributed by atoms with van der Waals surface area (Å²) in [6, 6.07) is 21.3. The number of para-hydroxylation sites is 1. The largest absolute Gasteiger partial charge is 0.433 e. The number of anilines is 2. The minimum Gasteiger partial charge on any atom is -0.400 e. The van der Waals surface area contributed by atoms with Crippen LogP contribution >= 0.6 is 11.3 Å². The Morgan fingerprint density at radius 1 is 1.12 bits per heavy atom. The monoisotopic (exact) mass is 601 g/mol. The fourth-order valence-electron chi connectivity index (χ4n) is 4.69. The number of aromatic nitrogens is 1. The molecule has 0 N–H and O–H groups in total. The third-order valence-electron chi connectivity index (χ3n) is 6.76. The zero-order valence-corrected chi connectivity index (χ0v) is 23.8. The van der Waals surface area contributed by atoms with Crippen LogP contribution in [-0.2, 0) is 16.4 Å². The van der Waals surface area contributed by atoms with Crippen molar-refractivity contribution in [3.05, 3.63) is 111 Å². The first kappa shape index (κ1) is 27.3. The zero-order valence-electron chi connectivity index (χ0n) is 22.2. The van der Waals surface area contributed by atoms with Gasteiger partial charge in [-0.25, -0.2) is 13.4 Å². The van der Waals surface area contributed by atoms with E-state index in [1.807, 2.05) is 43.3 Å². The second kappa shape index (κ2) is 10.8. The lowest BCUT2D eigenvalue weighted by molar-refractivity contribution is -0.402. The second-order valence-corrected chi connectivity index (χ2v) is 12.5. The molecule has 3 aromatic carbocycles. The molecular formula is C29H23N5O6S2. The Hall–Kier alpha value is -4.88. The number of hydrogen-bond acceptors (Lipinski definition) is 9. The van der Waals surface area contributed by atoms with E-state index in [1.54, 1.807) is 6.07 Å². The summed E-state index contributed by atoms with van der Waals surface area (Å²) in [7, 11) is -3.86. The highest BCUT2D eigenvalue weighted by atomic mass is 32.2. The number of carbonyl (C=O) groups excluding carboxylic acids is 1. The number of rotatable bonds is 7. The molecular weight excluding hydrogens is 578 g/mol. The van der Waals surface area contributed by atoms with Crippen molar-refractivity contribution in [3.63, 3.8) is 0 Å².